The molecule has 0 spiro atoms. The molecule has 0 heterocycles. The van der Waals surface area contributed by atoms with E-state index in [0.29, 0.717) is 17.9 Å². The van der Waals surface area contributed by atoms with Crippen LogP contribution in [0.2, 0.25) is 0 Å². The molecule has 1 fully saturated rings. The molecule has 1 aliphatic rings. The van der Waals surface area contributed by atoms with Crippen molar-refractivity contribution in [1.29, 1.82) is 0 Å². The van der Waals surface area contributed by atoms with E-state index in [2.05, 4.69) is 12.1 Å². The van der Waals surface area contributed by atoms with Crippen LogP contribution in [-0.4, -0.2) is 5.78 Å². The van der Waals surface area contributed by atoms with Crippen LogP contribution in [0.25, 0.3) is 0 Å². The quantitative estimate of drug-likeness (QED) is 0.757. The maximum absolute atomic E-state index is 12.1. The fourth-order valence-corrected chi connectivity index (χ4v) is 3.65. The summed E-state index contributed by atoms with van der Waals surface area (Å²) in [5, 5.41) is 0. The fourth-order valence-electron chi connectivity index (χ4n) is 3.65. The molecule has 0 radical (unpaired) electrons. The highest BCUT2D eigenvalue weighted by Crippen LogP contribution is 2.44. The van der Waals surface area contributed by atoms with Crippen molar-refractivity contribution in [3.8, 4) is 0 Å². The number of carbonyl (C=O) groups is 1. The molecule has 3 rings (SSSR count). The normalized spacial score (nSPS) is 26.3. The Balaban J connectivity index is 1.79. The van der Waals surface area contributed by atoms with Gasteiger partial charge in [-0.3, -0.25) is 4.79 Å². The molecule has 3 atom stereocenters. The Morgan fingerprint density at radius 3 is 2.32 bits per heavy atom. The molecule has 0 N–H and O–H groups in total. The van der Waals surface area contributed by atoms with Gasteiger partial charge in [-0.25, -0.2) is 0 Å². The number of ketones is 1. The molecule has 1 heteroatoms. The van der Waals surface area contributed by atoms with Gasteiger partial charge in [-0.2, -0.15) is 0 Å². The van der Waals surface area contributed by atoms with E-state index in [9.17, 15) is 4.79 Å². The number of hydrogen-bond donors (Lipinski definition) is 0. The van der Waals surface area contributed by atoms with Crippen molar-refractivity contribution in [3.63, 3.8) is 0 Å². The standard InChI is InChI=1S/C21H24O/c1-16(22)21-15-20(18-10-6-3-7-11-18)14-19(21)13-12-17-8-4-2-5-9-17/h2-11,19-21H,12-15H2,1H3/t19-,20?,21+/m1/s1/i12D2. The lowest BCUT2D eigenvalue weighted by atomic mass is 9.88. The number of aryl methyl sites for hydroxylation is 1. The second-order valence-corrected chi connectivity index (χ2v) is 6.30. The molecule has 0 bridgehead atoms. The van der Waals surface area contributed by atoms with Gasteiger partial charge in [0.1, 0.15) is 5.78 Å². The third-order valence-corrected chi connectivity index (χ3v) is 4.83. The average Bonchev–Trinajstić information content (AvgIpc) is 3.00. The summed E-state index contributed by atoms with van der Waals surface area (Å²) in [6, 6.07) is 19.6. The van der Waals surface area contributed by atoms with Crippen LogP contribution in [0.3, 0.4) is 0 Å². The van der Waals surface area contributed by atoms with E-state index >= 15 is 0 Å². The van der Waals surface area contributed by atoms with Crippen LogP contribution in [0.15, 0.2) is 60.7 Å². The maximum atomic E-state index is 12.1. The molecule has 114 valence electrons. The zero-order chi connectivity index (χ0) is 17.2. The largest absolute Gasteiger partial charge is 0.300 e. The van der Waals surface area contributed by atoms with Gasteiger partial charge in [-0.1, -0.05) is 60.7 Å². The van der Waals surface area contributed by atoms with E-state index in [0.717, 1.165) is 12.8 Å². The van der Waals surface area contributed by atoms with E-state index in [1.165, 1.54) is 5.56 Å². The SMILES string of the molecule is [2H]C([2H])(C[C@@H]1CC(c2ccccc2)C[C@H]1C(C)=O)c1ccccc1. The first-order valence-electron chi connectivity index (χ1n) is 9.08. The number of carbonyl (C=O) groups excluding carboxylic acids is 1. The Morgan fingerprint density at radius 2 is 1.68 bits per heavy atom. The molecule has 0 aliphatic heterocycles. The summed E-state index contributed by atoms with van der Waals surface area (Å²) < 4.78 is 17.0. The molecule has 0 aromatic heterocycles. The molecule has 1 unspecified atom stereocenters. The van der Waals surface area contributed by atoms with Gasteiger partial charge in [0, 0.05) is 8.66 Å². The first-order chi connectivity index (χ1) is 11.5. The zero-order valence-electron chi connectivity index (χ0n) is 15.0. The Bertz CT molecular complexity index is 681. The molecule has 22 heavy (non-hydrogen) atoms. The highest BCUT2D eigenvalue weighted by atomic mass is 16.1. The Morgan fingerprint density at radius 1 is 1.05 bits per heavy atom. The van der Waals surface area contributed by atoms with E-state index < -0.39 is 6.37 Å². The number of benzene rings is 2. The van der Waals surface area contributed by atoms with E-state index in [4.69, 9.17) is 2.74 Å². The van der Waals surface area contributed by atoms with Gasteiger partial charge in [0.2, 0.25) is 0 Å². The van der Waals surface area contributed by atoms with Crippen molar-refractivity contribution in [1.82, 2.24) is 0 Å². The fraction of sp³-hybridized carbons (Fsp3) is 0.381. The average molecular weight is 294 g/mol. The molecule has 0 amide bonds. The Kier molecular flexibility index (Phi) is 3.97. The highest BCUT2D eigenvalue weighted by molar-refractivity contribution is 5.79. The van der Waals surface area contributed by atoms with Gasteiger partial charge in [0.05, 0.1) is 0 Å². The predicted octanol–water partition coefficient (Wildman–Crippen LogP) is 5.02. The smallest absolute Gasteiger partial charge is 0.133 e. The lowest BCUT2D eigenvalue weighted by molar-refractivity contribution is -0.121. The van der Waals surface area contributed by atoms with Crippen LogP contribution in [0, 0.1) is 11.8 Å². The van der Waals surface area contributed by atoms with Gasteiger partial charge in [0.15, 0.2) is 0 Å². The first kappa shape index (κ1) is 12.6. The van der Waals surface area contributed by atoms with Crippen LogP contribution in [0.4, 0.5) is 0 Å². The van der Waals surface area contributed by atoms with Crippen molar-refractivity contribution in [2.45, 2.75) is 38.5 Å². The van der Waals surface area contributed by atoms with Crippen molar-refractivity contribution in [3.05, 3.63) is 71.8 Å². The number of hydrogen-bond acceptors (Lipinski definition) is 1. The second kappa shape index (κ2) is 6.91. The zero-order valence-corrected chi connectivity index (χ0v) is 13.0. The Hall–Kier alpha value is -1.89. The second-order valence-electron chi connectivity index (χ2n) is 6.30. The van der Waals surface area contributed by atoms with Crippen LogP contribution >= 0.6 is 0 Å². The molecule has 1 saturated carbocycles. The van der Waals surface area contributed by atoms with Gasteiger partial charge in [-0.05, 0) is 55.5 Å². The predicted molar refractivity (Wildman–Crippen MR) is 90.8 cm³/mol. The summed E-state index contributed by atoms with van der Waals surface area (Å²) >= 11 is 0. The van der Waals surface area contributed by atoms with Crippen LogP contribution in [-0.2, 0) is 11.2 Å². The molecular formula is C21H24O. The lowest BCUT2D eigenvalue weighted by Gasteiger charge is -2.16. The van der Waals surface area contributed by atoms with E-state index in [1.807, 2.05) is 48.5 Å². The molecular weight excluding hydrogens is 268 g/mol. The van der Waals surface area contributed by atoms with Crippen LogP contribution in [0.5, 0.6) is 0 Å². The summed E-state index contributed by atoms with van der Waals surface area (Å²) in [5.41, 5.74) is 1.97. The summed E-state index contributed by atoms with van der Waals surface area (Å²) in [6.07, 6.45) is 0.741. The van der Waals surface area contributed by atoms with Crippen LogP contribution < -0.4 is 0 Å². The van der Waals surface area contributed by atoms with Gasteiger partial charge < -0.3 is 0 Å². The number of Topliss-reactive ketones (excluding diaryl/α,β-unsaturated/α-hetero) is 1. The third kappa shape index (κ3) is 3.47. The maximum Gasteiger partial charge on any atom is 0.133 e. The van der Waals surface area contributed by atoms with Gasteiger partial charge in [0.25, 0.3) is 0 Å². The lowest BCUT2D eigenvalue weighted by Crippen LogP contribution is -2.16. The summed E-state index contributed by atoms with van der Waals surface area (Å²) in [5.74, 6) is 0.621. The summed E-state index contributed by atoms with van der Waals surface area (Å²) in [6.45, 7) is 1.66. The van der Waals surface area contributed by atoms with Crippen molar-refractivity contribution >= 4 is 5.78 Å². The molecule has 0 saturated heterocycles. The summed E-state index contributed by atoms with van der Waals surface area (Å²) in [4.78, 5) is 12.1. The number of rotatable bonds is 5. The monoisotopic (exact) mass is 294 g/mol. The Labute approximate surface area is 136 Å². The summed E-state index contributed by atoms with van der Waals surface area (Å²) in [7, 11) is 0. The topological polar surface area (TPSA) is 17.1 Å². The molecule has 1 nitrogen and oxygen atoms in total. The molecule has 2 aromatic rings. The minimum absolute atomic E-state index is 0.0333. The van der Waals surface area contributed by atoms with E-state index in [1.54, 1.807) is 6.92 Å². The molecule has 2 aromatic carbocycles. The van der Waals surface area contributed by atoms with Gasteiger partial charge in [-0.15, -0.1) is 0 Å². The van der Waals surface area contributed by atoms with Crippen molar-refractivity contribution in [2.24, 2.45) is 11.8 Å². The first-order valence-corrected chi connectivity index (χ1v) is 8.08. The van der Waals surface area contributed by atoms with Crippen molar-refractivity contribution < 1.29 is 7.54 Å². The molecule has 1 aliphatic carbocycles. The third-order valence-electron chi connectivity index (χ3n) is 4.83. The van der Waals surface area contributed by atoms with E-state index in [-0.39, 0.29) is 17.6 Å². The van der Waals surface area contributed by atoms with Crippen molar-refractivity contribution in [2.75, 3.05) is 0 Å². The minimum Gasteiger partial charge on any atom is -0.300 e. The highest BCUT2D eigenvalue weighted by Gasteiger charge is 2.36. The minimum atomic E-state index is -1.40. The van der Waals surface area contributed by atoms with Crippen LogP contribution in [0.1, 0.15) is 46.0 Å². The van der Waals surface area contributed by atoms with Gasteiger partial charge >= 0.3 is 0 Å².